The Morgan fingerprint density at radius 2 is 1.71 bits per heavy atom. The molecule has 0 bridgehead atoms. The van der Waals surface area contributed by atoms with Crippen molar-refractivity contribution in [3.8, 4) is 33.3 Å². The number of amides is 2. The molecule has 1 aliphatic heterocycles. The molecule has 0 unspecified atom stereocenters. The molecule has 0 atom stereocenters. The second-order valence-corrected chi connectivity index (χ2v) is 9.16. The summed E-state index contributed by atoms with van der Waals surface area (Å²) < 4.78 is 10.7. The highest BCUT2D eigenvalue weighted by molar-refractivity contribution is 7.13. The molecule has 2 aromatic carbocycles. The third-order valence-corrected chi connectivity index (χ3v) is 7.05. The molecular formula is C26H29N3O4S. The molecule has 1 aliphatic rings. The smallest absolute Gasteiger partial charge is 0.223 e. The van der Waals surface area contributed by atoms with Gasteiger partial charge in [-0.15, -0.1) is 11.3 Å². The van der Waals surface area contributed by atoms with Gasteiger partial charge >= 0.3 is 0 Å². The van der Waals surface area contributed by atoms with E-state index in [0.29, 0.717) is 31.1 Å². The van der Waals surface area contributed by atoms with Gasteiger partial charge in [-0.05, 0) is 36.6 Å². The Morgan fingerprint density at radius 1 is 1.03 bits per heavy atom. The molecule has 2 amide bonds. The van der Waals surface area contributed by atoms with Gasteiger partial charge in [-0.25, -0.2) is 4.98 Å². The first-order valence-corrected chi connectivity index (χ1v) is 12.2. The van der Waals surface area contributed by atoms with Crippen LogP contribution in [0.15, 0.2) is 47.8 Å². The predicted octanol–water partition coefficient (Wildman–Crippen LogP) is 4.37. The predicted molar refractivity (Wildman–Crippen MR) is 133 cm³/mol. The number of benzene rings is 2. The Bertz CT molecular complexity index is 1150. The van der Waals surface area contributed by atoms with E-state index in [1.54, 1.807) is 37.4 Å². The van der Waals surface area contributed by atoms with Gasteiger partial charge in [-0.3, -0.25) is 9.59 Å². The molecular weight excluding hydrogens is 450 g/mol. The second-order valence-electron chi connectivity index (χ2n) is 8.30. The number of nitrogens with zero attached hydrogens (tertiary/aromatic N) is 2. The Labute approximate surface area is 203 Å². The van der Waals surface area contributed by atoms with Gasteiger partial charge in [0.15, 0.2) is 11.5 Å². The van der Waals surface area contributed by atoms with Crippen LogP contribution in [0.5, 0.6) is 11.5 Å². The second kappa shape index (κ2) is 10.7. The van der Waals surface area contributed by atoms with E-state index in [-0.39, 0.29) is 17.7 Å². The first-order chi connectivity index (χ1) is 16.5. The highest BCUT2D eigenvalue weighted by Crippen LogP contribution is 2.34. The van der Waals surface area contributed by atoms with Crippen molar-refractivity contribution >= 4 is 23.2 Å². The van der Waals surface area contributed by atoms with Crippen LogP contribution in [-0.4, -0.2) is 49.0 Å². The van der Waals surface area contributed by atoms with Crippen molar-refractivity contribution in [1.29, 1.82) is 0 Å². The van der Waals surface area contributed by atoms with E-state index in [1.807, 2.05) is 47.8 Å². The van der Waals surface area contributed by atoms with Crippen LogP contribution in [0.3, 0.4) is 0 Å². The first-order valence-electron chi connectivity index (χ1n) is 11.3. The molecule has 0 radical (unpaired) electrons. The van der Waals surface area contributed by atoms with Crippen molar-refractivity contribution in [2.24, 2.45) is 5.92 Å². The number of ether oxygens (including phenoxy) is 2. The van der Waals surface area contributed by atoms with Crippen LogP contribution in [0.1, 0.15) is 25.3 Å². The topological polar surface area (TPSA) is 80.8 Å². The fourth-order valence-corrected chi connectivity index (χ4v) is 4.92. The normalized spacial score (nSPS) is 14.0. The van der Waals surface area contributed by atoms with Crippen molar-refractivity contribution in [3.05, 3.63) is 53.4 Å². The van der Waals surface area contributed by atoms with E-state index >= 15 is 0 Å². The van der Waals surface area contributed by atoms with Crippen molar-refractivity contribution in [2.75, 3.05) is 27.3 Å². The summed E-state index contributed by atoms with van der Waals surface area (Å²) in [5.74, 6) is 1.47. The Balaban J connectivity index is 1.35. The molecule has 1 N–H and O–H groups in total. The molecule has 8 heteroatoms. The van der Waals surface area contributed by atoms with Gasteiger partial charge in [0.1, 0.15) is 5.01 Å². The molecule has 0 spiro atoms. The third-order valence-electron chi connectivity index (χ3n) is 6.16. The molecule has 2 heterocycles. The summed E-state index contributed by atoms with van der Waals surface area (Å²) >= 11 is 1.59. The largest absolute Gasteiger partial charge is 0.493 e. The van der Waals surface area contributed by atoms with Gasteiger partial charge in [-0.2, -0.15) is 0 Å². The number of methoxy groups -OCH3 is 2. The number of rotatable bonds is 7. The lowest BCUT2D eigenvalue weighted by molar-refractivity contribution is -0.134. The third kappa shape index (κ3) is 5.39. The zero-order valence-corrected chi connectivity index (χ0v) is 20.5. The van der Waals surface area contributed by atoms with Crippen LogP contribution >= 0.6 is 11.3 Å². The van der Waals surface area contributed by atoms with Crippen molar-refractivity contribution in [3.63, 3.8) is 0 Å². The number of piperidine rings is 1. The van der Waals surface area contributed by atoms with Crippen LogP contribution in [0, 0.1) is 5.92 Å². The number of carbonyl (C=O) groups excluding carboxylic acids is 2. The number of thiazole rings is 1. The standard InChI is InChI=1S/C26H29N3O4S/c1-17(30)29-12-10-19(11-13-29)25(31)27-15-18-4-6-20(7-5-18)26-28-22(16-34-26)21-8-9-23(32-2)24(14-21)33-3/h4-9,14,16,19H,10-13,15H2,1-3H3,(H,27,31). The molecule has 1 saturated heterocycles. The molecule has 34 heavy (non-hydrogen) atoms. The minimum Gasteiger partial charge on any atom is -0.493 e. The highest BCUT2D eigenvalue weighted by Gasteiger charge is 2.25. The van der Waals surface area contributed by atoms with Crippen molar-refractivity contribution < 1.29 is 19.1 Å². The maximum absolute atomic E-state index is 12.5. The number of likely N-dealkylation sites (tertiary alicyclic amines) is 1. The Morgan fingerprint density at radius 3 is 2.35 bits per heavy atom. The molecule has 4 rings (SSSR count). The van der Waals surface area contributed by atoms with Crippen LogP contribution in [-0.2, 0) is 16.1 Å². The van der Waals surface area contributed by atoms with E-state index < -0.39 is 0 Å². The van der Waals surface area contributed by atoms with Gasteiger partial charge in [-0.1, -0.05) is 24.3 Å². The summed E-state index contributed by atoms with van der Waals surface area (Å²) in [6, 6.07) is 13.9. The minimum absolute atomic E-state index is 0.0276. The lowest BCUT2D eigenvalue weighted by Gasteiger charge is -2.30. The fourth-order valence-electron chi connectivity index (χ4n) is 4.09. The lowest BCUT2D eigenvalue weighted by Crippen LogP contribution is -2.42. The number of hydrogen-bond acceptors (Lipinski definition) is 6. The summed E-state index contributed by atoms with van der Waals surface area (Å²) in [4.78, 5) is 30.6. The van der Waals surface area contributed by atoms with Gasteiger partial charge in [0.05, 0.1) is 19.9 Å². The Kier molecular flexibility index (Phi) is 7.47. The van der Waals surface area contributed by atoms with E-state index in [0.717, 1.165) is 40.2 Å². The van der Waals surface area contributed by atoms with Gasteiger partial charge in [0.2, 0.25) is 11.8 Å². The average molecular weight is 480 g/mol. The summed E-state index contributed by atoms with van der Waals surface area (Å²) in [5.41, 5.74) is 3.92. The summed E-state index contributed by atoms with van der Waals surface area (Å²) in [6.45, 7) is 3.37. The number of hydrogen-bond donors (Lipinski definition) is 1. The zero-order chi connectivity index (χ0) is 24.1. The van der Waals surface area contributed by atoms with Crippen LogP contribution in [0.25, 0.3) is 21.8 Å². The highest BCUT2D eigenvalue weighted by atomic mass is 32.1. The van der Waals surface area contributed by atoms with E-state index in [2.05, 4.69) is 5.32 Å². The number of nitrogens with one attached hydrogen (secondary N) is 1. The van der Waals surface area contributed by atoms with Crippen LogP contribution in [0.2, 0.25) is 0 Å². The summed E-state index contributed by atoms with van der Waals surface area (Å²) in [7, 11) is 3.24. The Hall–Kier alpha value is -3.39. The van der Waals surface area contributed by atoms with Gasteiger partial charge < -0.3 is 19.7 Å². The van der Waals surface area contributed by atoms with E-state index in [4.69, 9.17) is 14.5 Å². The van der Waals surface area contributed by atoms with Gasteiger partial charge in [0, 0.05) is 49.0 Å². The fraction of sp³-hybridized carbons (Fsp3) is 0.346. The molecule has 3 aromatic rings. The maximum Gasteiger partial charge on any atom is 0.223 e. The van der Waals surface area contributed by atoms with Crippen molar-refractivity contribution in [2.45, 2.75) is 26.3 Å². The first kappa shape index (κ1) is 23.8. The summed E-state index contributed by atoms with van der Waals surface area (Å²) in [5, 5.41) is 6.00. The molecule has 0 saturated carbocycles. The van der Waals surface area contributed by atoms with Crippen LogP contribution in [0.4, 0.5) is 0 Å². The molecule has 0 aliphatic carbocycles. The number of aromatic nitrogens is 1. The maximum atomic E-state index is 12.5. The van der Waals surface area contributed by atoms with Crippen molar-refractivity contribution in [1.82, 2.24) is 15.2 Å². The number of carbonyl (C=O) groups is 2. The van der Waals surface area contributed by atoms with E-state index in [1.165, 1.54) is 0 Å². The van der Waals surface area contributed by atoms with Crippen LogP contribution < -0.4 is 14.8 Å². The minimum atomic E-state index is -0.0276. The molecule has 178 valence electrons. The lowest BCUT2D eigenvalue weighted by atomic mass is 9.96. The monoisotopic (exact) mass is 479 g/mol. The zero-order valence-electron chi connectivity index (χ0n) is 19.7. The molecule has 1 fully saturated rings. The van der Waals surface area contributed by atoms with Gasteiger partial charge in [0.25, 0.3) is 0 Å². The quantitative estimate of drug-likeness (QED) is 0.544. The average Bonchev–Trinajstić information content (AvgIpc) is 3.37. The molecule has 7 nitrogen and oxygen atoms in total. The SMILES string of the molecule is COc1ccc(-c2csc(-c3ccc(CNC(=O)C4CCN(C(C)=O)CC4)cc3)n2)cc1OC. The van der Waals surface area contributed by atoms with E-state index in [9.17, 15) is 9.59 Å². The molecule has 1 aromatic heterocycles. The summed E-state index contributed by atoms with van der Waals surface area (Å²) in [6.07, 6.45) is 1.44.